The number of anilines is 1. The minimum absolute atomic E-state index is 0.0199. The molecule has 0 atom stereocenters. The molecule has 0 fully saturated rings. The van der Waals surface area contributed by atoms with E-state index in [0.717, 1.165) is 12.0 Å². The number of aromatic nitrogens is 1. The first kappa shape index (κ1) is 16.2. The monoisotopic (exact) mass is 298 g/mol. The van der Waals surface area contributed by atoms with Crippen LogP contribution >= 0.6 is 0 Å². The Hall–Kier alpha value is -2.20. The van der Waals surface area contributed by atoms with Crippen LogP contribution in [-0.2, 0) is 16.0 Å². The molecule has 1 N–H and O–H groups in total. The van der Waals surface area contributed by atoms with Crippen LogP contribution in [0.25, 0.3) is 0 Å². The van der Waals surface area contributed by atoms with E-state index < -0.39 is 0 Å². The maximum Gasteiger partial charge on any atom is 0.225 e. The van der Waals surface area contributed by atoms with Gasteiger partial charge < -0.3 is 10.1 Å². The average Bonchev–Trinajstić information content (AvgIpc) is 2.54. The Labute approximate surface area is 131 Å². The summed E-state index contributed by atoms with van der Waals surface area (Å²) in [5.41, 5.74) is 2.24. The Balaban J connectivity index is 1.57. The summed E-state index contributed by atoms with van der Waals surface area (Å²) in [6, 6.07) is 14.0. The van der Waals surface area contributed by atoms with Crippen LogP contribution in [0.15, 0.2) is 48.7 Å². The molecule has 0 aliphatic rings. The van der Waals surface area contributed by atoms with Gasteiger partial charge in [-0.05, 0) is 37.0 Å². The van der Waals surface area contributed by atoms with Crippen molar-refractivity contribution in [2.24, 2.45) is 0 Å². The first-order chi connectivity index (χ1) is 10.8. The lowest BCUT2D eigenvalue weighted by Crippen LogP contribution is -2.14. The van der Waals surface area contributed by atoms with E-state index in [2.05, 4.69) is 22.4 Å². The van der Waals surface area contributed by atoms with Gasteiger partial charge in [-0.25, -0.2) is 4.98 Å². The molecule has 0 aliphatic heterocycles. The zero-order valence-corrected chi connectivity index (χ0v) is 12.9. The van der Waals surface area contributed by atoms with Gasteiger partial charge in [-0.1, -0.05) is 36.4 Å². The standard InChI is InChI=1S/C18H22N2O2/c1-15-7-5-12-19-18(15)20-17(21)10-6-13-22-14-11-16-8-3-2-4-9-16/h2-5,7-9,12H,6,10-11,13-14H2,1H3,(H,19,20,21). The van der Waals surface area contributed by atoms with Gasteiger partial charge in [0, 0.05) is 19.2 Å². The van der Waals surface area contributed by atoms with Crippen LogP contribution in [0, 0.1) is 6.92 Å². The van der Waals surface area contributed by atoms with E-state index in [0.29, 0.717) is 31.9 Å². The summed E-state index contributed by atoms with van der Waals surface area (Å²) in [6.45, 7) is 3.21. The molecule has 1 aromatic carbocycles. The van der Waals surface area contributed by atoms with Crippen molar-refractivity contribution in [3.8, 4) is 0 Å². The van der Waals surface area contributed by atoms with Crippen molar-refractivity contribution in [1.82, 2.24) is 4.98 Å². The first-order valence-corrected chi connectivity index (χ1v) is 7.59. The quantitative estimate of drug-likeness (QED) is 0.760. The lowest BCUT2D eigenvalue weighted by molar-refractivity contribution is -0.116. The third-order valence-electron chi connectivity index (χ3n) is 3.34. The van der Waals surface area contributed by atoms with E-state index >= 15 is 0 Å². The Morgan fingerprint density at radius 2 is 1.95 bits per heavy atom. The second-order valence-electron chi connectivity index (χ2n) is 5.17. The van der Waals surface area contributed by atoms with Crippen LogP contribution in [0.5, 0.6) is 0 Å². The van der Waals surface area contributed by atoms with Crippen LogP contribution in [0.4, 0.5) is 5.82 Å². The minimum Gasteiger partial charge on any atom is -0.381 e. The van der Waals surface area contributed by atoms with E-state index in [9.17, 15) is 4.79 Å². The number of hydrogen-bond donors (Lipinski definition) is 1. The third kappa shape index (κ3) is 5.66. The number of carbonyl (C=O) groups excluding carboxylic acids is 1. The van der Waals surface area contributed by atoms with Gasteiger partial charge in [0.2, 0.25) is 5.91 Å². The van der Waals surface area contributed by atoms with E-state index in [1.54, 1.807) is 6.20 Å². The maximum atomic E-state index is 11.8. The zero-order chi connectivity index (χ0) is 15.6. The second kappa shape index (κ2) is 8.95. The summed E-state index contributed by atoms with van der Waals surface area (Å²) in [4.78, 5) is 16.0. The predicted molar refractivity (Wildman–Crippen MR) is 87.8 cm³/mol. The number of benzene rings is 1. The van der Waals surface area contributed by atoms with E-state index in [1.165, 1.54) is 5.56 Å². The fourth-order valence-electron chi connectivity index (χ4n) is 2.08. The van der Waals surface area contributed by atoms with Gasteiger partial charge in [0.25, 0.3) is 0 Å². The summed E-state index contributed by atoms with van der Waals surface area (Å²) in [5, 5.41) is 2.82. The zero-order valence-electron chi connectivity index (χ0n) is 12.9. The van der Waals surface area contributed by atoms with Crippen molar-refractivity contribution >= 4 is 11.7 Å². The van der Waals surface area contributed by atoms with Crippen molar-refractivity contribution in [2.75, 3.05) is 18.5 Å². The van der Waals surface area contributed by atoms with Crippen molar-refractivity contribution in [1.29, 1.82) is 0 Å². The van der Waals surface area contributed by atoms with E-state index in [-0.39, 0.29) is 5.91 Å². The molecule has 1 heterocycles. The van der Waals surface area contributed by atoms with Crippen LogP contribution in [0.3, 0.4) is 0 Å². The summed E-state index contributed by atoms with van der Waals surface area (Å²) in [5.74, 6) is 0.617. The van der Waals surface area contributed by atoms with Gasteiger partial charge in [0.05, 0.1) is 6.61 Å². The van der Waals surface area contributed by atoms with Crippen molar-refractivity contribution in [2.45, 2.75) is 26.2 Å². The highest BCUT2D eigenvalue weighted by Crippen LogP contribution is 2.09. The number of hydrogen-bond acceptors (Lipinski definition) is 3. The Bertz CT molecular complexity index is 585. The van der Waals surface area contributed by atoms with Crippen molar-refractivity contribution in [3.05, 3.63) is 59.8 Å². The van der Waals surface area contributed by atoms with Crippen molar-refractivity contribution < 1.29 is 9.53 Å². The molecule has 0 saturated heterocycles. The summed E-state index contributed by atoms with van der Waals surface area (Å²) in [6.07, 6.45) is 3.74. The topological polar surface area (TPSA) is 51.2 Å². The first-order valence-electron chi connectivity index (χ1n) is 7.59. The van der Waals surface area contributed by atoms with Crippen LogP contribution in [-0.4, -0.2) is 24.1 Å². The van der Waals surface area contributed by atoms with E-state index in [4.69, 9.17) is 4.74 Å². The number of rotatable bonds is 8. The fourth-order valence-corrected chi connectivity index (χ4v) is 2.08. The van der Waals surface area contributed by atoms with Gasteiger partial charge in [0.1, 0.15) is 5.82 Å². The lowest BCUT2D eigenvalue weighted by atomic mass is 10.2. The molecule has 0 bridgehead atoms. The molecule has 1 aromatic heterocycles. The highest BCUT2D eigenvalue weighted by atomic mass is 16.5. The van der Waals surface area contributed by atoms with Gasteiger partial charge in [-0.15, -0.1) is 0 Å². The number of pyridine rings is 1. The summed E-state index contributed by atoms with van der Waals surface area (Å²) in [7, 11) is 0. The Morgan fingerprint density at radius 1 is 1.14 bits per heavy atom. The summed E-state index contributed by atoms with van der Waals surface area (Å²) >= 11 is 0. The number of nitrogens with one attached hydrogen (secondary N) is 1. The van der Waals surface area contributed by atoms with Crippen molar-refractivity contribution in [3.63, 3.8) is 0 Å². The minimum atomic E-state index is -0.0199. The van der Waals surface area contributed by atoms with Gasteiger partial charge >= 0.3 is 0 Å². The maximum absolute atomic E-state index is 11.8. The molecule has 0 radical (unpaired) electrons. The molecule has 0 unspecified atom stereocenters. The largest absolute Gasteiger partial charge is 0.381 e. The van der Waals surface area contributed by atoms with Crippen LogP contribution in [0.1, 0.15) is 24.0 Å². The highest BCUT2D eigenvalue weighted by molar-refractivity contribution is 5.90. The predicted octanol–water partition coefficient (Wildman–Crippen LogP) is 3.37. The molecular formula is C18H22N2O2. The van der Waals surface area contributed by atoms with Crippen LogP contribution in [0.2, 0.25) is 0 Å². The SMILES string of the molecule is Cc1cccnc1NC(=O)CCCOCCc1ccccc1. The van der Waals surface area contributed by atoms with Gasteiger partial charge in [-0.3, -0.25) is 4.79 Å². The Morgan fingerprint density at radius 3 is 2.73 bits per heavy atom. The van der Waals surface area contributed by atoms with Gasteiger partial charge in [-0.2, -0.15) is 0 Å². The molecule has 4 nitrogen and oxygen atoms in total. The number of ether oxygens (including phenoxy) is 1. The molecule has 2 aromatic rings. The normalized spacial score (nSPS) is 10.4. The molecule has 2 rings (SSSR count). The molecule has 4 heteroatoms. The summed E-state index contributed by atoms with van der Waals surface area (Å²) < 4.78 is 5.57. The number of carbonyl (C=O) groups is 1. The molecule has 1 amide bonds. The van der Waals surface area contributed by atoms with Crippen LogP contribution < -0.4 is 5.32 Å². The fraction of sp³-hybridized carbons (Fsp3) is 0.333. The number of nitrogens with zero attached hydrogens (tertiary/aromatic N) is 1. The molecule has 0 aliphatic carbocycles. The van der Waals surface area contributed by atoms with E-state index in [1.807, 2.05) is 37.3 Å². The molecule has 0 spiro atoms. The molecule has 116 valence electrons. The lowest BCUT2D eigenvalue weighted by Gasteiger charge is -2.07. The number of amides is 1. The molecule has 0 saturated carbocycles. The molecule has 22 heavy (non-hydrogen) atoms. The number of aryl methyl sites for hydroxylation is 1. The smallest absolute Gasteiger partial charge is 0.225 e. The van der Waals surface area contributed by atoms with Gasteiger partial charge in [0.15, 0.2) is 0 Å². The second-order valence-corrected chi connectivity index (χ2v) is 5.17. The molecular weight excluding hydrogens is 276 g/mol. The highest BCUT2D eigenvalue weighted by Gasteiger charge is 2.05. The Kier molecular flexibility index (Phi) is 6.58. The average molecular weight is 298 g/mol. The third-order valence-corrected chi connectivity index (χ3v) is 3.34.